The average molecular weight is 358 g/mol. The molecule has 0 saturated carbocycles. The van der Waals surface area contributed by atoms with E-state index in [9.17, 15) is 8.42 Å². The Bertz CT molecular complexity index is 632. The number of thiazole rings is 1. The maximum absolute atomic E-state index is 12.2. The summed E-state index contributed by atoms with van der Waals surface area (Å²) in [4.78, 5) is 6.82. The van der Waals surface area contributed by atoms with Crippen molar-refractivity contribution in [2.24, 2.45) is 5.41 Å². The fourth-order valence-corrected chi connectivity index (χ4v) is 6.04. The van der Waals surface area contributed by atoms with Crippen LogP contribution in [0.15, 0.2) is 10.9 Å². The maximum atomic E-state index is 12.2. The van der Waals surface area contributed by atoms with Gasteiger partial charge in [0.05, 0.1) is 17.5 Å². The minimum atomic E-state index is -3.15. The van der Waals surface area contributed by atoms with Gasteiger partial charge in [-0.15, -0.1) is 11.3 Å². The molecular formula is C16H27N3O2S2. The second kappa shape index (κ2) is 6.10. The zero-order chi connectivity index (χ0) is 16.7. The number of sulfonamides is 1. The van der Waals surface area contributed by atoms with E-state index in [2.05, 4.69) is 29.1 Å². The molecule has 0 amide bonds. The molecule has 3 heterocycles. The van der Waals surface area contributed by atoms with Gasteiger partial charge < -0.3 is 0 Å². The lowest BCUT2D eigenvalue weighted by Gasteiger charge is -2.52. The summed E-state index contributed by atoms with van der Waals surface area (Å²) in [5, 5.41) is 2.11. The van der Waals surface area contributed by atoms with Crippen molar-refractivity contribution < 1.29 is 8.42 Å². The number of aromatic nitrogens is 1. The van der Waals surface area contributed by atoms with Gasteiger partial charge in [0.25, 0.3) is 0 Å². The molecular weight excluding hydrogens is 330 g/mol. The van der Waals surface area contributed by atoms with E-state index in [-0.39, 0.29) is 11.0 Å². The van der Waals surface area contributed by atoms with Crippen LogP contribution >= 0.6 is 11.3 Å². The first-order valence-corrected chi connectivity index (χ1v) is 11.1. The van der Waals surface area contributed by atoms with Gasteiger partial charge in [0, 0.05) is 24.0 Å². The van der Waals surface area contributed by atoms with Crippen LogP contribution in [-0.4, -0.2) is 54.0 Å². The third kappa shape index (κ3) is 3.78. The summed E-state index contributed by atoms with van der Waals surface area (Å²) in [6.45, 7) is 7.78. The highest BCUT2D eigenvalue weighted by atomic mass is 32.2. The fraction of sp³-hybridized carbons (Fsp3) is 0.812. The van der Waals surface area contributed by atoms with Crippen molar-refractivity contribution in [1.29, 1.82) is 0 Å². The van der Waals surface area contributed by atoms with Gasteiger partial charge in [0.2, 0.25) is 10.0 Å². The number of rotatable bonds is 3. The Balaban J connectivity index is 1.66. The van der Waals surface area contributed by atoms with Crippen LogP contribution in [0.1, 0.15) is 45.2 Å². The number of hydrogen-bond acceptors (Lipinski definition) is 5. The average Bonchev–Trinajstić information content (AvgIpc) is 2.96. The minimum Gasteiger partial charge on any atom is -0.297 e. The Labute approximate surface area is 143 Å². The van der Waals surface area contributed by atoms with Crippen molar-refractivity contribution in [3.63, 3.8) is 0 Å². The topological polar surface area (TPSA) is 53.5 Å². The Morgan fingerprint density at radius 3 is 2.48 bits per heavy atom. The molecule has 0 aliphatic carbocycles. The Morgan fingerprint density at radius 2 is 1.91 bits per heavy atom. The van der Waals surface area contributed by atoms with Crippen molar-refractivity contribution in [3.05, 3.63) is 16.6 Å². The lowest BCUT2D eigenvalue weighted by molar-refractivity contribution is 0.00514. The number of likely N-dealkylation sites (tertiary alicyclic amines) is 1. The van der Waals surface area contributed by atoms with E-state index < -0.39 is 10.0 Å². The molecule has 0 unspecified atom stereocenters. The normalized spacial score (nSPS) is 25.7. The summed E-state index contributed by atoms with van der Waals surface area (Å²) in [7, 11) is -3.15. The molecule has 2 fully saturated rings. The lowest BCUT2D eigenvalue weighted by Crippen LogP contribution is -2.58. The predicted octanol–water partition coefficient (Wildman–Crippen LogP) is 2.56. The van der Waals surface area contributed by atoms with Crippen LogP contribution in [-0.2, 0) is 16.6 Å². The molecule has 0 aromatic carbocycles. The fourth-order valence-electron chi connectivity index (χ4n) is 4.00. The summed E-state index contributed by atoms with van der Waals surface area (Å²) in [6, 6.07) is 0. The van der Waals surface area contributed by atoms with E-state index in [4.69, 9.17) is 0 Å². The molecule has 2 saturated heterocycles. The van der Waals surface area contributed by atoms with Gasteiger partial charge in [-0.2, -0.15) is 4.31 Å². The molecule has 1 spiro atoms. The molecule has 2 aliphatic rings. The summed E-state index contributed by atoms with van der Waals surface area (Å²) < 4.78 is 26.2. The summed E-state index contributed by atoms with van der Waals surface area (Å²) in [5.74, 6) is 0. The molecule has 1 aromatic heterocycles. The van der Waals surface area contributed by atoms with Crippen molar-refractivity contribution in [2.45, 2.75) is 51.6 Å². The van der Waals surface area contributed by atoms with Gasteiger partial charge in [0.1, 0.15) is 0 Å². The minimum absolute atomic E-state index is 0.164. The van der Waals surface area contributed by atoms with Gasteiger partial charge >= 0.3 is 0 Å². The van der Waals surface area contributed by atoms with Crippen LogP contribution in [0, 0.1) is 5.41 Å². The van der Waals surface area contributed by atoms with Crippen LogP contribution in [0.3, 0.4) is 0 Å². The smallest absolute Gasteiger partial charge is 0.211 e. The SMILES string of the molecule is CC1(C)CCC2(CCN(Cc3cscn3)CC2)CN1S(C)(=O)=O. The summed E-state index contributed by atoms with van der Waals surface area (Å²) in [6.07, 6.45) is 5.60. The second-order valence-electron chi connectivity index (χ2n) is 7.84. The molecule has 0 radical (unpaired) electrons. The molecule has 0 N–H and O–H groups in total. The molecule has 0 bridgehead atoms. The van der Waals surface area contributed by atoms with Crippen molar-refractivity contribution in [2.75, 3.05) is 25.9 Å². The highest BCUT2D eigenvalue weighted by molar-refractivity contribution is 7.88. The highest BCUT2D eigenvalue weighted by Crippen LogP contribution is 2.45. The van der Waals surface area contributed by atoms with Gasteiger partial charge in [-0.25, -0.2) is 13.4 Å². The summed E-state index contributed by atoms with van der Waals surface area (Å²) in [5.41, 5.74) is 2.94. The number of piperidine rings is 2. The second-order valence-corrected chi connectivity index (χ2v) is 10.5. The number of hydrogen-bond donors (Lipinski definition) is 0. The maximum Gasteiger partial charge on any atom is 0.211 e. The van der Waals surface area contributed by atoms with Gasteiger partial charge in [-0.1, -0.05) is 0 Å². The Hall–Kier alpha value is -0.500. The first-order valence-electron chi connectivity index (χ1n) is 8.28. The molecule has 5 nitrogen and oxygen atoms in total. The lowest BCUT2D eigenvalue weighted by atomic mass is 9.69. The van der Waals surface area contributed by atoms with Crippen LogP contribution in [0.5, 0.6) is 0 Å². The molecule has 0 atom stereocenters. The monoisotopic (exact) mass is 357 g/mol. The first-order chi connectivity index (χ1) is 10.7. The van der Waals surface area contributed by atoms with E-state index >= 15 is 0 Å². The molecule has 2 aliphatic heterocycles. The summed E-state index contributed by atoms with van der Waals surface area (Å²) >= 11 is 1.64. The van der Waals surface area contributed by atoms with Gasteiger partial charge in [0.15, 0.2) is 0 Å². The van der Waals surface area contributed by atoms with Crippen LogP contribution in [0.4, 0.5) is 0 Å². The molecule has 130 valence electrons. The largest absolute Gasteiger partial charge is 0.297 e. The third-order valence-corrected chi connectivity index (χ3v) is 7.67. The van der Waals surface area contributed by atoms with Crippen molar-refractivity contribution in [3.8, 4) is 0 Å². The standard InChI is InChI=1S/C16H27N3O2S2/c1-15(2)4-5-16(12-19(15)23(3,20)21)6-8-18(9-7-16)10-14-11-22-13-17-14/h11,13H,4-10,12H2,1-3H3. The van der Waals surface area contributed by atoms with E-state index in [1.165, 1.54) is 6.26 Å². The predicted molar refractivity (Wildman–Crippen MR) is 93.9 cm³/mol. The molecule has 23 heavy (non-hydrogen) atoms. The third-order valence-electron chi connectivity index (χ3n) is 5.61. The van der Waals surface area contributed by atoms with Crippen LogP contribution in [0.25, 0.3) is 0 Å². The van der Waals surface area contributed by atoms with Crippen molar-refractivity contribution >= 4 is 21.4 Å². The zero-order valence-electron chi connectivity index (χ0n) is 14.3. The molecule has 7 heteroatoms. The first kappa shape index (κ1) is 17.3. The quantitative estimate of drug-likeness (QED) is 0.834. The van der Waals surface area contributed by atoms with E-state index in [1.54, 1.807) is 15.6 Å². The zero-order valence-corrected chi connectivity index (χ0v) is 15.9. The van der Waals surface area contributed by atoms with E-state index in [1.807, 2.05) is 5.51 Å². The van der Waals surface area contributed by atoms with Gasteiger partial charge in [-0.3, -0.25) is 4.90 Å². The van der Waals surface area contributed by atoms with Crippen LogP contribution < -0.4 is 0 Å². The molecule has 3 rings (SSSR count). The Morgan fingerprint density at radius 1 is 1.22 bits per heavy atom. The van der Waals surface area contributed by atoms with E-state index in [0.717, 1.165) is 51.0 Å². The highest BCUT2D eigenvalue weighted by Gasteiger charge is 2.47. The Kier molecular flexibility index (Phi) is 4.59. The van der Waals surface area contributed by atoms with E-state index in [0.29, 0.717) is 6.54 Å². The molecule has 1 aromatic rings. The van der Waals surface area contributed by atoms with Gasteiger partial charge in [-0.05, 0) is 58.0 Å². The van der Waals surface area contributed by atoms with Crippen molar-refractivity contribution in [1.82, 2.24) is 14.2 Å². The van der Waals surface area contributed by atoms with Crippen LogP contribution in [0.2, 0.25) is 0 Å². The number of nitrogens with zero attached hydrogens (tertiary/aromatic N) is 3.